The van der Waals surface area contributed by atoms with Crippen molar-refractivity contribution in [3.63, 3.8) is 0 Å². The predicted molar refractivity (Wildman–Crippen MR) is 161 cm³/mol. The molecule has 41 heavy (non-hydrogen) atoms. The van der Waals surface area contributed by atoms with Crippen LogP contribution in [-0.2, 0) is 4.79 Å². The highest BCUT2D eigenvalue weighted by Crippen LogP contribution is 2.26. The van der Waals surface area contributed by atoms with Crippen LogP contribution in [0.15, 0.2) is 109 Å². The van der Waals surface area contributed by atoms with Crippen LogP contribution in [0.1, 0.15) is 37.4 Å². The molecule has 7 nitrogen and oxygen atoms in total. The zero-order valence-electron chi connectivity index (χ0n) is 23.0. The highest BCUT2D eigenvalue weighted by molar-refractivity contribution is 6.11. The number of hydrogen-bond donors (Lipinski definition) is 2. The molecule has 0 saturated carbocycles. The van der Waals surface area contributed by atoms with Crippen molar-refractivity contribution in [3.05, 3.63) is 137 Å². The standard InChI is InChI=1S/C34H30N2O5/c1-23-9-7-8-10-24(23)16-20-31(37)25-13-17-28(18-14-25)35-34(39)30(36-33(38)26-11-5-4-6-12-26)21-27-15-19-29(40-2)22-32(27)41-3/h4-22H,1-3H3,(H,35,39)(H,36,38)/b20-16+,30-21-. The van der Waals surface area contributed by atoms with Gasteiger partial charge in [0.25, 0.3) is 11.8 Å². The lowest BCUT2D eigenvalue weighted by Crippen LogP contribution is -2.30. The summed E-state index contributed by atoms with van der Waals surface area (Å²) in [5.41, 5.74) is 3.94. The van der Waals surface area contributed by atoms with Gasteiger partial charge in [0.05, 0.1) is 14.2 Å². The molecule has 0 atom stereocenters. The summed E-state index contributed by atoms with van der Waals surface area (Å²) in [7, 11) is 3.05. The molecule has 2 amide bonds. The van der Waals surface area contributed by atoms with E-state index < -0.39 is 11.8 Å². The van der Waals surface area contributed by atoms with E-state index in [0.717, 1.165) is 11.1 Å². The van der Waals surface area contributed by atoms with Crippen molar-refractivity contribution in [1.29, 1.82) is 0 Å². The Labute approximate surface area is 239 Å². The van der Waals surface area contributed by atoms with E-state index in [-0.39, 0.29) is 11.5 Å². The van der Waals surface area contributed by atoms with Crippen molar-refractivity contribution in [2.75, 3.05) is 19.5 Å². The number of rotatable bonds is 10. The maximum Gasteiger partial charge on any atom is 0.272 e. The molecule has 4 aromatic carbocycles. The van der Waals surface area contributed by atoms with E-state index in [0.29, 0.717) is 33.9 Å². The average Bonchev–Trinajstić information content (AvgIpc) is 3.01. The maximum atomic E-state index is 13.4. The van der Waals surface area contributed by atoms with Crippen LogP contribution in [0.5, 0.6) is 11.5 Å². The number of aryl methyl sites for hydroxylation is 1. The number of amides is 2. The van der Waals surface area contributed by atoms with Crippen LogP contribution >= 0.6 is 0 Å². The summed E-state index contributed by atoms with van der Waals surface area (Å²) in [6.45, 7) is 1.98. The first kappa shape index (κ1) is 28.6. The Bertz CT molecular complexity index is 1610. The van der Waals surface area contributed by atoms with E-state index in [1.54, 1.807) is 86.0 Å². The molecule has 0 aliphatic rings. The average molecular weight is 547 g/mol. The number of allylic oxidation sites excluding steroid dienone is 1. The molecule has 0 bridgehead atoms. The third-order valence-corrected chi connectivity index (χ3v) is 6.30. The van der Waals surface area contributed by atoms with Crippen LogP contribution in [-0.4, -0.2) is 31.8 Å². The van der Waals surface area contributed by atoms with Gasteiger partial charge in [-0.05, 0) is 78.7 Å². The second-order valence-electron chi connectivity index (χ2n) is 9.07. The van der Waals surface area contributed by atoms with Crippen LogP contribution in [0.2, 0.25) is 0 Å². The Balaban J connectivity index is 1.55. The van der Waals surface area contributed by atoms with E-state index >= 15 is 0 Å². The van der Waals surface area contributed by atoms with Gasteiger partial charge in [-0.3, -0.25) is 14.4 Å². The minimum Gasteiger partial charge on any atom is -0.497 e. The summed E-state index contributed by atoms with van der Waals surface area (Å²) >= 11 is 0. The molecule has 4 rings (SSSR count). The highest BCUT2D eigenvalue weighted by Gasteiger charge is 2.17. The van der Waals surface area contributed by atoms with E-state index in [1.165, 1.54) is 19.3 Å². The van der Waals surface area contributed by atoms with E-state index in [2.05, 4.69) is 10.6 Å². The van der Waals surface area contributed by atoms with E-state index in [1.807, 2.05) is 31.2 Å². The minimum atomic E-state index is -0.550. The number of ether oxygens (including phenoxy) is 2. The summed E-state index contributed by atoms with van der Waals surface area (Å²) in [4.78, 5) is 39.0. The summed E-state index contributed by atoms with van der Waals surface area (Å²) < 4.78 is 10.7. The van der Waals surface area contributed by atoms with E-state index in [4.69, 9.17) is 9.47 Å². The van der Waals surface area contributed by atoms with Crippen LogP contribution in [0, 0.1) is 6.92 Å². The number of anilines is 1. The van der Waals surface area contributed by atoms with Gasteiger partial charge in [0.1, 0.15) is 17.2 Å². The first-order chi connectivity index (χ1) is 19.9. The summed E-state index contributed by atoms with van der Waals surface area (Å²) in [6.07, 6.45) is 4.84. The molecule has 0 radical (unpaired) electrons. The molecular weight excluding hydrogens is 516 g/mol. The van der Waals surface area contributed by atoms with Crippen molar-refractivity contribution in [2.45, 2.75) is 6.92 Å². The Hall–Kier alpha value is -5.43. The van der Waals surface area contributed by atoms with Crippen LogP contribution in [0.25, 0.3) is 12.2 Å². The number of hydrogen-bond acceptors (Lipinski definition) is 5. The van der Waals surface area contributed by atoms with Gasteiger partial charge in [0.15, 0.2) is 5.78 Å². The smallest absolute Gasteiger partial charge is 0.272 e. The SMILES string of the molecule is COc1ccc(/C=C(\NC(=O)c2ccccc2)C(=O)Nc2ccc(C(=O)/C=C/c3ccccc3C)cc2)c(OC)c1. The van der Waals surface area contributed by atoms with Gasteiger partial charge in [-0.2, -0.15) is 0 Å². The number of carbonyl (C=O) groups excluding carboxylic acids is 3. The topological polar surface area (TPSA) is 93.7 Å². The van der Waals surface area contributed by atoms with E-state index in [9.17, 15) is 14.4 Å². The van der Waals surface area contributed by atoms with Gasteiger partial charge in [-0.25, -0.2) is 0 Å². The molecule has 4 aromatic rings. The number of ketones is 1. The van der Waals surface area contributed by atoms with Crippen molar-refractivity contribution < 1.29 is 23.9 Å². The second kappa shape index (κ2) is 13.6. The van der Waals surface area contributed by atoms with Gasteiger partial charge in [-0.15, -0.1) is 0 Å². The zero-order valence-corrected chi connectivity index (χ0v) is 23.0. The minimum absolute atomic E-state index is 0.00337. The Morgan fingerprint density at radius 2 is 1.44 bits per heavy atom. The molecular formula is C34H30N2O5. The number of benzene rings is 4. The first-order valence-corrected chi connectivity index (χ1v) is 12.9. The number of nitrogens with one attached hydrogen (secondary N) is 2. The Morgan fingerprint density at radius 1 is 0.732 bits per heavy atom. The van der Waals surface area contributed by atoms with Crippen molar-refractivity contribution in [3.8, 4) is 11.5 Å². The molecule has 0 heterocycles. The van der Waals surface area contributed by atoms with Crippen LogP contribution in [0.3, 0.4) is 0 Å². The molecule has 0 fully saturated rings. The fourth-order valence-corrected chi connectivity index (χ4v) is 3.99. The molecule has 0 aromatic heterocycles. The molecule has 7 heteroatoms. The number of carbonyl (C=O) groups is 3. The Kier molecular flexibility index (Phi) is 9.46. The summed E-state index contributed by atoms with van der Waals surface area (Å²) in [6, 6.07) is 28.1. The molecule has 0 aliphatic carbocycles. The molecule has 0 saturated heterocycles. The molecule has 0 spiro atoms. The fraction of sp³-hybridized carbons (Fsp3) is 0.0882. The quantitative estimate of drug-likeness (QED) is 0.179. The largest absolute Gasteiger partial charge is 0.497 e. The lowest BCUT2D eigenvalue weighted by Gasteiger charge is -2.13. The normalized spacial score (nSPS) is 11.1. The Morgan fingerprint density at radius 3 is 2.12 bits per heavy atom. The van der Waals surface area contributed by atoms with Crippen LogP contribution in [0.4, 0.5) is 5.69 Å². The predicted octanol–water partition coefficient (Wildman–Crippen LogP) is 6.32. The molecule has 206 valence electrons. The molecule has 0 unspecified atom stereocenters. The van der Waals surface area contributed by atoms with Gasteiger partial charge in [0, 0.05) is 28.4 Å². The summed E-state index contributed by atoms with van der Waals surface area (Å²) in [5.74, 6) is -0.105. The van der Waals surface area contributed by atoms with Crippen molar-refractivity contribution in [2.24, 2.45) is 0 Å². The summed E-state index contributed by atoms with van der Waals surface area (Å²) in [5, 5.41) is 5.50. The van der Waals surface area contributed by atoms with Gasteiger partial charge in [-0.1, -0.05) is 48.5 Å². The lowest BCUT2D eigenvalue weighted by molar-refractivity contribution is -0.113. The van der Waals surface area contributed by atoms with Gasteiger partial charge in [0.2, 0.25) is 0 Å². The van der Waals surface area contributed by atoms with Crippen LogP contribution < -0.4 is 20.1 Å². The lowest BCUT2D eigenvalue weighted by atomic mass is 10.1. The number of methoxy groups -OCH3 is 2. The highest BCUT2D eigenvalue weighted by atomic mass is 16.5. The zero-order chi connectivity index (χ0) is 29.2. The van der Waals surface area contributed by atoms with Gasteiger partial charge < -0.3 is 20.1 Å². The van der Waals surface area contributed by atoms with Crippen molar-refractivity contribution in [1.82, 2.24) is 5.32 Å². The first-order valence-electron chi connectivity index (χ1n) is 12.9. The maximum absolute atomic E-state index is 13.4. The van der Waals surface area contributed by atoms with Gasteiger partial charge >= 0.3 is 0 Å². The monoisotopic (exact) mass is 546 g/mol. The third kappa shape index (κ3) is 7.58. The molecule has 2 N–H and O–H groups in total. The fourth-order valence-electron chi connectivity index (χ4n) is 3.99. The third-order valence-electron chi connectivity index (χ3n) is 6.30. The van der Waals surface area contributed by atoms with Crippen molar-refractivity contribution >= 4 is 35.4 Å². The molecule has 0 aliphatic heterocycles. The second-order valence-corrected chi connectivity index (χ2v) is 9.07.